The van der Waals surface area contributed by atoms with Gasteiger partial charge in [-0.15, -0.1) is 0 Å². The first-order valence-corrected chi connectivity index (χ1v) is 8.68. The molecular weight excluding hydrogens is 314 g/mol. The largest absolute Gasteiger partial charge is 0.338 e. The van der Waals surface area contributed by atoms with Crippen LogP contribution in [0.5, 0.6) is 0 Å². The van der Waals surface area contributed by atoms with Crippen LogP contribution < -0.4 is 5.32 Å². The number of nitrogens with one attached hydrogen (secondary N) is 1. The van der Waals surface area contributed by atoms with E-state index in [4.69, 9.17) is 5.26 Å². The summed E-state index contributed by atoms with van der Waals surface area (Å²) in [6.45, 7) is 4.15. The summed E-state index contributed by atoms with van der Waals surface area (Å²) in [6.07, 6.45) is 6.54. The lowest BCUT2D eigenvalue weighted by Gasteiger charge is -2.25. The fourth-order valence-electron chi connectivity index (χ4n) is 3.33. The number of hydrogen-bond acceptors (Lipinski definition) is 3. The van der Waals surface area contributed by atoms with Gasteiger partial charge >= 0.3 is 6.03 Å². The Bertz CT molecular complexity index is 776. The zero-order valence-corrected chi connectivity index (χ0v) is 14.5. The lowest BCUT2D eigenvalue weighted by atomic mass is 10.1. The second-order valence-corrected chi connectivity index (χ2v) is 6.41. The predicted octanol–water partition coefficient (Wildman–Crippen LogP) is 2.48. The molecule has 0 aliphatic carbocycles. The molecule has 1 unspecified atom stereocenters. The van der Waals surface area contributed by atoms with Crippen molar-refractivity contribution >= 4 is 6.03 Å². The molecule has 1 N–H and O–H groups in total. The van der Waals surface area contributed by atoms with Crippen molar-refractivity contribution in [1.82, 2.24) is 19.8 Å². The smallest absolute Gasteiger partial charge is 0.317 e. The van der Waals surface area contributed by atoms with Crippen LogP contribution in [0.3, 0.4) is 0 Å². The molecular formula is C19H23N5O. The van der Waals surface area contributed by atoms with Gasteiger partial charge in [-0.3, -0.25) is 0 Å². The summed E-state index contributed by atoms with van der Waals surface area (Å²) in [5.74, 6) is 0.977. The summed E-state index contributed by atoms with van der Waals surface area (Å²) in [7, 11) is 0. The number of rotatable bonds is 5. The van der Waals surface area contributed by atoms with Crippen molar-refractivity contribution in [1.29, 1.82) is 5.26 Å². The standard InChI is InChI=1S/C19H23N5O/c1-15-21-9-11-23(15)14-18-6-3-10-24(18)19(25)22-8-7-16-4-2-5-17(12-16)13-20/h2,4-5,9,11-12,18H,3,6-8,10,14H2,1H3,(H,22,25). The van der Waals surface area contributed by atoms with Gasteiger partial charge in [0, 0.05) is 32.0 Å². The number of benzene rings is 1. The van der Waals surface area contributed by atoms with Gasteiger partial charge in [-0.1, -0.05) is 12.1 Å². The summed E-state index contributed by atoms with van der Waals surface area (Å²) in [4.78, 5) is 18.7. The number of aromatic nitrogens is 2. The Balaban J connectivity index is 1.51. The highest BCUT2D eigenvalue weighted by Gasteiger charge is 2.28. The molecule has 6 heteroatoms. The molecule has 1 aliphatic rings. The van der Waals surface area contributed by atoms with E-state index >= 15 is 0 Å². The first-order chi connectivity index (χ1) is 12.2. The summed E-state index contributed by atoms with van der Waals surface area (Å²) in [5, 5.41) is 12.0. The molecule has 1 atom stereocenters. The molecule has 6 nitrogen and oxygen atoms in total. The minimum Gasteiger partial charge on any atom is -0.338 e. The number of carbonyl (C=O) groups is 1. The fraction of sp³-hybridized carbons (Fsp3) is 0.421. The predicted molar refractivity (Wildman–Crippen MR) is 95.0 cm³/mol. The summed E-state index contributed by atoms with van der Waals surface area (Å²) >= 11 is 0. The van der Waals surface area contributed by atoms with E-state index in [0.29, 0.717) is 12.1 Å². The van der Waals surface area contributed by atoms with E-state index < -0.39 is 0 Å². The van der Waals surface area contributed by atoms with Crippen LogP contribution in [0.1, 0.15) is 29.8 Å². The maximum atomic E-state index is 12.5. The Morgan fingerprint density at radius 1 is 1.48 bits per heavy atom. The molecule has 1 fully saturated rings. The number of hydrogen-bond donors (Lipinski definition) is 1. The van der Waals surface area contributed by atoms with Crippen molar-refractivity contribution in [2.45, 2.75) is 38.8 Å². The van der Waals surface area contributed by atoms with Gasteiger partial charge in [0.1, 0.15) is 5.82 Å². The van der Waals surface area contributed by atoms with Gasteiger partial charge in [-0.05, 0) is 43.9 Å². The van der Waals surface area contributed by atoms with E-state index in [0.717, 1.165) is 43.7 Å². The van der Waals surface area contributed by atoms with Gasteiger partial charge in [0.25, 0.3) is 0 Å². The van der Waals surface area contributed by atoms with Crippen LogP contribution in [-0.2, 0) is 13.0 Å². The molecule has 0 saturated carbocycles. The van der Waals surface area contributed by atoms with Crippen LogP contribution in [0, 0.1) is 18.3 Å². The van der Waals surface area contributed by atoms with Gasteiger partial charge in [0.2, 0.25) is 0 Å². The third-order valence-corrected chi connectivity index (χ3v) is 4.72. The molecule has 1 saturated heterocycles. The van der Waals surface area contributed by atoms with E-state index in [1.807, 2.05) is 36.2 Å². The van der Waals surface area contributed by atoms with Crippen molar-refractivity contribution in [2.24, 2.45) is 0 Å². The summed E-state index contributed by atoms with van der Waals surface area (Å²) in [6, 6.07) is 9.86. The molecule has 25 heavy (non-hydrogen) atoms. The van der Waals surface area contributed by atoms with E-state index in [-0.39, 0.29) is 12.1 Å². The number of carbonyl (C=O) groups excluding carboxylic acids is 1. The van der Waals surface area contributed by atoms with Crippen LogP contribution in [0.25, 0.3) is 0 Å². The SMILES string of the molecule is Cc1nccn1CC1CCCN1C(=O)NCCc1cccc(C#N)c1. The Morgan fingerprint density at radius 3 is 3.12 bits per heavy atom. The first-order valence-electron chi connectivity index (χ1n) is 8.68. The molecule has 2 heterocycles. The van der Waals surface area contributed by atoms with E-state index in [1.54, 1.807) is 12.3 Å². The maximum Gasteiger partial charge on any atom is 0.317 e. The molecule has 1 aromatic carbocycles. The van der Waals surface area contributed by atoms with E-state index in [2.05, 4.69) is 20.9 Å². The Labute approximate surface area is 148 Å². The highest BCUT2D eigenvalue weighted by atomic mass is 16.2. The lowest BCUT2D eigenvalue weighted by molar-refractivity contribution is 0.187. The molecule has 130 valence electrons. The Hall–Kier alpha value is -2.81. The number of likely N-dealkylation sites (tertiary alicyclic amines) is 1. The van der Waals surface area contributed by atoms with Gasteiger partial charge < -0.3 is 14.8 Å². The van der Waals surface area contributed by atoms with Crippen LogP contribution >= 0.6 is 0 Å². The van der Waals surface area contributed by atoms with Gasteiger partial charge in [0.05, 0.1) is 17.7 Å². The highest BCUT2D eigenvalue weighted by molar-refractivity contribution is 5.74. The lowest BCUT2D eigenvalue weighted by Crippen LogP contribution is -2.44. The minimum absolute atomic E-state index is 0.00305. The van der Waals surface area contributed by atoms with Crippen LogP contribution in [-0.4, -0.2) is 39.6 Å². The quantitative estimate of drug-likeness (QED) is 0.911. The maximum absolute atomic E-state index is 12.5. The second kappa shape index (κ2) is 7.84. The summed E-state index contributed by atoms with van der Waals surface area (Å²) < 4.78 is 2.10. The topological polar surface area (TPSA) is 74.0 Å². The Morgan fingerprint density at radius 2 is 2.36 bits per heavy atom. The van der Waals surface area contributed by atoms with Crippen molar-refractivity contribution in [3.8, 4) is 6.07 Å². The van der Waals surface area contributed by atoms with Crippen molar-refractivity contribution in [2.75, 3.05) is 13.1 Å². The van der Waals surface area contributed by atoms with Crippen LogP contribution in [0.2, 0.25) is 0 Å². The van der Waals surface area contributed by atoms with Crippen molar-refractivity contribution < 1.29 is 4.79 Å². The monoisotopic (exact) mass is 337 g/mol. The highest BCUT2D eigenvalue weighted by Crippen LogP contribution is 2.19. The van der Waals surface area contributed by atoms with E-state index in [9.17, 15) is 4.79 Å². The third-order valence-electron chi connectivity index (χ3n) is 4.72. The molecule has 2 amide bonds. The molecule has 3 rings (SSSR count). The van der Waals surface area contributed by atoms with Crippen LogP contribution in [0.4, 0.5) is 4.79 Å². The third kappa shape index (κ3) is 4.18. The number of nitrogens with zero attached hydrogens (tertiary/aromatic N) is 4. The molecule has 1 aliphatic heterocycles. The van der Waals surface area contributed by atoms with Crippen molar-refractivity contribution in [3.05, 3.63) is 53.6 Å². The zero-order valence-electron chi connectivity index (χ0n) is 14.5. The summed E-state index contributed by atoms with van der Waals surface area (Å²) in [5.41, 5.74) is 1.71. The van der Waals surface area contributed by atoms with Gasteiger partial charge in [-0.25, -0.2) is 9.78 Å². The number of imidazole rings is 1. The fourth-order valence-corrected chi connectivity index (χ4v) is 3.33. The second-order valence-electron chi connectivity index (χ2n) is 6.41. The average Bonchev–Trinajstić information content (AvgIpc) is 3.25. The molecule has 0 radical (unpaired) electrons. The van der Waals surface area contributed by atoms with E-state index in [1.165, 1.54) is 0 Å². The number of amides is 2. The Kier molecular flexibility index (Phi) is 5.34. The number of urea groups is 1. The molecule has 1 aromatic heterocycles. The number of aryl methyl sites for hydroxylation is 1. The van der Waals surface area contributed by atoms with Gasteiger partial charge in [-0.2, -0.15) is 5.26 Å². The molecule has 2 aromatic rings. The first kappa shape index (κ1) is 17.0. The molecule has 0 bridgehead atoms. The van der Waals surface area contributed by atoms with Crippen LogP contribution in [0.15, 0.2) is 36.7 Å². The normalized spacial score (nSPS) is 16.6. The number of nitriles is 1. The van der Waals surface area contributed by atoms with Gasteiger partial charge in [0.15, 0.2) is 0 Å². The molecule has 0 spiro atoms. The van der Waals surface area contributed by atoms with Crippen molar-refractivity contribution in [3.63, 3.8) is 0 Å². The zero-order chi connectivity index (χ0) is 17.6. The minimum atomic E-state index is -0.00305. The average molecular weight is 337 g/mol.